The molecular weight excluding hydrogens is 222 g/mol. The molecule has 1 unspecified atom stereocenters. The van der Waals surface area contributed by atoms with E-state index in [1.165, 1.54) is 4.90 Å². The van der Waals surface area contributed by atoms with E-state index in [4.69, 9.17) is 5.11 Å². The van der Waals surface area contributed by atoms with Crippen LogP contribution in [0.4, 0.5) is 0 Å². The quantitative estimate of drug-likeness (QED) is 0.624. The third-order valence-corrected chi connectivity index (χ3v) is 3.38. The fourth-order valence-electron chi connectivity index (χ4n) is 2.47. The maximum Gasteiger partial charge on any atom is 0.245 e. The Bertz CT molecular complexity index is 302. The number of β-amino-alcohol motifs (C(OH)–C–C–N with tert-alkyl or cyclic N) is 1. The molecule has 2 aliphatic heterocycles. The van der Waals surface area contributed by atoms with Gasteiger partial charge in [0, 0.05) is 39.1 Å². The molecule has 17 heavy (non-hydrogen) atoms. The monoisotopic (exact) mass is 241 g/mol. The molecule has 2 rings (SSSR count). The van der Waals surface area contributed by atoms with Gasteiger partial charge in [0.05, 0.1) is 6.61 Å². The van der Waals surface area contributed by atoms with Gasteiger partial charge in [0.15, 0.2) is 0 Å². The van der Waals surface area contributed by atoms with Crippen molar-refractivity contribution >= 4 is 11.8 Å². The molecule has 2 fully saturated rings. The van der Waals surface area contributed by atoms with Gasteiger partial charge >= 0.3 is 0 Å². The molecule has 0 bridgehead atoms. The molecule has 1 atom stereocenters. The molecule has 2 heterocycles. The number of piperazine rings is 1. The summed E-state index contributed by atoms with van der Waals surface area (Å²) in [4.78, 5) is 27.2. The number of aliphatic hydroxyl groups excluding tert-OH is 1. The van der Waals surface area contributed by atoms with Crippen molar-refractivity contribution in [3.63, 3.8) is 0 Å². The van der Waals surface area contributed by atoms with Crippen LogP contribution in [0.25, 0.3) is 0 Å². The molecule has 96 valence electrons. The molecule has 0 spiro atoms. The van der Waals surface area contributed by atoms with Crippen molar-refractivity contribution < 1.29 is 14.7 Å². The molecule has 2 N–H and O–H groups in total. The molecule has 0 aliphatic carbocycles. The second-order valence-electron chi connectivity index (χ2n) is 4.44. The summed E-state index contributed by atoms with van der Waals surface area (Å²) in [5, 5.41) is 12.1. The van der Waals surface area contributed by atoms with E-state index in [9.17, 15) is 9.59 Å². The Morgan fingerprint density at radius 2 is 2.12 bits per heavy atom. The van der Waals surface area contributed by atoms with Crippen LogP contribution in [0.5, 0.6) is 0 Å². The SMILES string of the molecule is O=C(C1CCC(=O)N1CCO)N1CCNCC1. The molecule has 2 saturated heterocycles. The summed E-state index contributed by atoms with van der Waals surface area (Å²) in [6, 6.07) is -0.354. The van der Waals surface area contributed by atoms with Gasteiger partial charge in [0.25, 0.3) is 0 Å². The van der Waals surface area contributed by atoms with E-state index in [0.29, 0.717) is 25.9 Å². The third-order valence-electron chi connectivity index (χ3n) is 3.38. The smallest absolute Gasteiger partial charge is 0.245 e. The maximum atomic E-state index is 12.3. The fourth-order valence-corrected chi connectivity index (χ4v) is 2.47. The van der Waals surface area contributed by atoms with Gasteiger partial charge in [-0.25, -0.2) is 0 Å². The Morgan fingerprint density at radius 3 is 2.76 bits per heavy atom. The van der Waals surface area contributed by atoms with Crippen LogP contribution in [-0.2, 0) is 9.59 Å². The molecule has 6 heteroatoms. The Hall–Kier alpha value is -1.14. The average Bonchev–Trinajstić information content (AvgIpc) is 2.72. The predicted molar refractivity (Wildman–Crippen MR) is 61.3 cm³/mol. The molecule has 0 aromatic heterocycles. The first kappa shape index (κ1) is 12.3. The van der Waals surface area contributed by atoms with Crippen molar-refractivity contribution in [3.8, 4) is 0 Å². The summed E-state index contributed by atoms with van der Waals surface area (Å²) >= 11 is 0. The number of nitrogens with one attached hydrogen (secondary N) is 1. The normalized spacial score (nSPS) is 25.5. The van der Waals surface area contributed by atoms with Gasteiger partial charge in [-0.2, -0.15) is 0 Å². The Balaban J connectivity index is 1.99. The highest BCUT2D eigenvalue weighted by atomic mass is 16.3. The lowest BCUT2D eigenvalue weighted by Gasteiger charge is -2.32. The largest absolute Gasteiger partial charge is 0.395 e. The summed E-state index contributed by atoms with van der Waals surface area (Å²) in [5.74, 6) is 0.0123. The van der Waals surface area contributed by atoms with Crippen molar-refractivity contribution in [2.24, 2.45) is 0 Å². The van der Waals surface area contributed by atoms with Gasteiger partial charge in [0.1, 0.15) is 6.04 Å². The third kappa shape index (κ3) is 2.58. The summed E-state index contributed by atoms with van der Waals surface area (Å²) in [6.45, 7) is 3.21. The van der Waals surface area contributed by atoms with Crippen molar-refractivity contribution in [2.45, 2.75) is 18.9 Å². The van der Waals surface area contributed by atoms with Gasteiger partial charge in [-0.15, -0.1) is 0 Å². The van der Waals surface area contributed by atoms with Crippen LogP contribution in [-0.4, -0.2) is 72.1 Å². The van der Waals surface area contributed by atoms with E-state index in [1.54, 1.807) is 0 Å². The number of rotatable bonds is 3. The molecule has 6 nitrogen and oxygen atoms in total. The Kier molecular flexibility index (Phi) is 3.96. The van der Waals surface area contributed by atoms with Gasteiger partial charge in [-0.3, -0.25) is 9.59 Å². The minimum atomic E-state index is -0.354. The molecule has 0 aromatic rings. The molecule has 0 aromatic carbocycles. The second-order valence-corrected chi connectivity index (χ2v) is 4.44. The van der Waals surface area contributed by atoms with Crippen LogP contribution in [0.3, 0.4) is 0 Å². The van der Waals surface area contributed by atoms with E-state index in [-0.39, 0.29) is 31.0 Å². The maximum absolute atomic E-state index is 12.3. The van der Waals surface area contributed by atoms with Crippen molar-refractivity contribution in [1.29, 1.82) is 0 Å². The molecular formula is C11H19N3O3. The van der Waals surface area contributed by atoms with E-state index in [1.807, 2.05) is 4.90 Å². The predicted octanol–water partition coefficient (Wildman–Crippen LogP) is -1.60. The first-order valence-corrected chi connectivity index (χ1v) is 6.14. The standard InChI is InChI=1S/C11H19N3O3/c15-8-7-14-9(1-2-10(14)16)11(17)13-5-3-12-4-6-13/h9,12,15H,1-8H2. The summed E-state index contributed by atoms with van der Waals surface area (Å²) in [5.41, 5.74) is 0. The number of aliphatic hydroxyl groups is 1. The number of nitrogens with zero attached hydrogens (tertiary/aromatic N) is 2. The van der Waals surface area contributed by atoms with E-state index in [0.717, 1.165) is 13.1 Å². The molecule has 0 radical (unpaired) electrons. The molecule has 2 aliphatic rings. The molecule has 2 amide bonds. The number of carbonyl (C=O) groups excluding carboxylic acids is 2. The summed E-state index contributed by atoms with van der Waals surface area (Å²) < 4.78 is 0. The Morgan fingerprint density at radius 1 is 1.41 bits per heavy atom. The highest BCUT2D eigenvalue weighted by molar-refractivity contribution is 5.91. The summed E-state index contributed by atoms with van der Waals surface area (Å²) in [6.07, 6.45) is 1.00. The topological polar surface area (TPSA) is 72.9 Å². The van der Waals surface area contributed by atoms with E-state index < -0.39 is 0 Å². The van der Waals surface area contributed by atoms with Crippen molar-refractivity contribution in [1.82, 2.24) is 15.1 Å². The lowest BCUT2D eigenvalue weighted by Crippen LogP contribution is -2.53. The minimum absolute atomic E-state index is 0.0208. The highest BCUT2D eigenvalue weighted by Crippen LogP contribution is 2.20. The van der Waals surface area contributed by atoms with Crippen LogP contribution in [0.15, 0.2) is 0 Å². The minimum Gasteiger partial charge on any atom is -0.395 e. The van der Waals surface area contributed by atoms with Crippen LogP contribution < -0.4 is 5.32 Å². The van der Waals surface area contributed by atoms with E-state index in [2.05, 4.69) is 5.32 Å². The molecule has 0 saturated carbocycles. The van der Waals surface area contributed by atoms with Gasteiger partial charge in [-0.1, -0.05) is 0 Å². The van der Waals surface area contributed by atoms with Crippen LogP contribution in [0.2, 0.25) is 0 Å². The summed E-state index contributed by atoms with van der Waals surface area (Å²) in [7, 11) is 0. The van der Waals surface area contributed by atoms with Gasteiger partial charge in [-0.05, 0) is 6.42 Å². The number of likely N-dealkylation sites (tertiary alicyclic amines) is 1. The lowest BCUT2D eigenvalue weighted by molar-refractivity contribution is -0.142. The lowest BCUT2D eigenvalue weighted by atomic mass is 10.1. The zero-order chi connectivity index (χ0) is 12.3. The first-order valence-electron chi connectivity index (χ1n) is 6.14. The van der Waals surface area contributed by atoms with Crippen molar-refractivity contribution in [2.75, 3.05) is 39.3 Å². The van der Waals surface area contributed by atoms with E-state index >= 15 is 0 Å². The number of amides is 2. The van der Waals surface area contributed by atoms with Crippen molar-refractivity contribution in [3.05, 3.63) is 0 Å². The second kappa shape index (κ2) is 5.46. The van der Waals surface area contributed by atoms with Crippen LogP contribution in [0.1, 0.15) is 12.8 Å². The Labute approximate surface area is 101 Å². The number of carbonyl (C=O) groups is 2. The van der Waals surface area contributed by atoms with Crippen LogP contribution in [0, 0.1) is 0 Å². The van der Waals surface area contributed by atoms with Crippen LogP contribution >= 0.6 is 0 Å². The average molecular weight is 241 g/mol. The zero-order valence-electron chi connectivity index (χ0n) is 9.89. The number of hydrogen-bond acceptors (Lipinski definition) is 4. The van der Waals surface area contributed by atoms with Gasteiger partial charge < -0.3 is 20.2 Å². The number of hydrogen-bond donors (Lipinski definition) is 2. The zero-order valence-corrected chi connectivity index (χ0v) is 9.89. The first-order chi connectivity index (χ1) is 8.24. The van der Waals surface area contributed by atoms with Gasteiger partial charge in [0.2, 0.25) is 11.8 Å². The fraction of sp³-hybridized carbons (Fsp3) is 0.818. The highest BCUT2D eigenvalue weighted by Gasteiger charge is 2.37.